The van der Waals surface area contributed by atoms with Crippen LogP contribution in [0.3, 0.4) is 0 Å². The van der Waals surface area contributed by atoms with E-state index < -0.39 is 17.8 Å². The van der Waals surface area contributed by atoms with Crippen molar-refractivity contribution >= 4 is 11.8 Å². The van der Waals surface area contributed by atoms with Crippen molar-refractivity contribution in [3.05, 3.63) is 71.3 Å². The second-order valence-electron chi connectivity index (χ2n) is 8.75. The minimum absolute atomic E-state index is 0.0645. The van der Waals surface area contributed by atoms with E-state index in [2.05, 4.69) is 0 Å². The Hall–Kier alpha value is -2.67. The van der Waals surface area contributed by atoms with Gasteiger partial charge < -0.3 is 9.84 Å². The number of benzene rings is 1. The summed E-state index contributed by atoms with van der Waals surface area (Å²) < 4.78 is 43.6. The highest BCUT2D eigenvalue weighted by molar-refractivity contribution is 6.07. The van der Waals surface area contributed by atoms with Gasteiger partial charge in [0.2, 0.25) is 0 Å². The number of ketones is 1. The number of allylic oxidation sites excluding steroid dienone is 5. The number of alkyl halides is 3. The number of carbonyl (C=O) groups is 2. The zero-order valence-electron chi connectivity index (χ0n) is 19.7. The Morgan fingerprint density at radius 1 is 1.24 bits per heavy atom. The Balaban J connectivity index is 1.78. The van der Waals surface area contributed by atoms with Gasteiger partial charge >= 0.3 is 12.1 Å². The predicted octanol–water partition coefficient (Wildman–Crippen LogP) is 6.14. The van der Waals surface area contributed by atoms with Gasteiger partial charge in [0, 0.05) is 17.9 Å². The molecule has 4 nitrogen and oxygen atoms in total. The number of hydrogen-bond acceptors (Lipinski definition) is 4. The van der Waals surface area contributed by atoms with E-state index in [1.807, 2.05) is 32.1 Å². The van der Waals surface area contributed by atoms with Crippen LogP contribution < -0.4 is 0 Å². The van der Waals surface area contributed by atoms with Crippen molar-refractivity contribution in [3.63, 3.8) is 0 Å². The van der Waals surface area contributed by atoms with Crippen LogP contribution in [0.5, 0.6) is 0 Å². The Morgan fingerprint density at radius 2 is 2.00 bits per heavy atom. The maximum atomic E-state index is 12.8. The molecular formula is C27H33F3O4. The first kappa shape index (κ1) is 27.6. The summed E-state index contributed by atoms with van der Waals surface area (Å²) in [6.07, 6.45) is 7.16. The van der Waals surface area contributed by atoms with Crippen molar-refractivity contribution in [1.29, 1.82) is 0 Å². The van der Waals surface area contributed by atoms with E-state index in [0.29, 0.717) is 43.2 Å². The largest absolute Gasteiger partial charge is 0.463 e. The summed E-state index contributed by atoms with van der Waals surface area (Å²) in [6, 6.07) is 5.11. The molecule has 7 heteroatoms. The highest BCUT2D eigenvalue weighted by atomic mass is 19.4. The smallest absolute Gasteiger partial charge is 0.416 e. The maximum Gasteiger partial charge on any atom is 0.416 e. The first-order chi connectivity index (χ1) is 16.1. The molecule has 1 N–H and O–H groups in total. The van der Waals surface area contributed by atoms with Gasteiger partial charge in [0.15, 0.2) is 5.78 Å². The number of hydrogen-bond donors (Lipinski definition) is 1. The third-order valence-electron chi connectivity index (χ3n) is 5.47. The quantitative estimate of drug-likeness (QED) is 0.170. The number of aryl methyl sites for hydroxylation is 1. The van der Waals surface area contributed by atoms with Crippen LogP contribution in [0.1, 0.15) is 63.5 Å². The molecule has 0 amide bonds. The lowest BCUT2D eigenvalue weighted by molar-refractivity contribution is -0.147. The molecule has 0 radical (unpaired) electrons. The summed E-state index contributed by atoms with van der Waals surface area (Å²) >= 11 is 0. The number of ether oxygens (including phenoxy) is 1. The van der Waals surface area contributed by atoms with Gasteiger partial charge in [-0.2, -0.15) is 13.2 Å². The number of esters is 1. The lowest BCUT2D eigenvalue weighted by Crippen LogP contribution is -2.10. The van der Waals surface area contributed by atoms with Crippen molar-refractivity contribution in [2.75, 3.05) is 0 Å². The van der Waals surface area contributed by atoms with Crippen molar-refractivity contribution < 1.29 is 32.6 Å². The van der Waals surface area contributed by atoms with Crippen molar-refractivity contribution in [3.8, 4) is 0 Å². The standard InChI is InChI=1S/C27H33F3O4/c1-19(2)34-26(33)11-6-4-3-5-9-21-13-17-25(32)24(21)16-15-23(31)14-12-20-8-7-10-22(18-20)27(28,29)30/h3,5,7-8,10,13,16-19,21,23,31H,4,6,9,11-12,14-15H2,1-2H3/b5-3-,24-16+/t21-,23-/m0/s1. The van der Waals surface area contributed by atoms with Gasteiger partial charge in [0.05, 0.1) is 17.8 Å². The van der Waals surface area contributed by atoms with Crippen LogP contribution in [-0.2, 0) is 26.9 Å². The molecule has 2 atom stereocenters. The number of unbranched alkanes of at least 4 members (excludes halogenated alkanes) is 1. The molecule has 0 aliphatic heterocycles. The maximum absolute atomic E-state index is 12.8. The van der Waals surface area contributed by atoms with Crippen LogP contribution in [0.4, 0.5) is 13.2 Å². The second kappa shape index (κ2) is 13.3. The normalized spacial score (nSPS) is 18.4. The number of halogens is 3. The van der Waals surface area contributed by atoms with Crippen LogP contribution in [-0.4, -0.2) is 29.1 Å². The van der Waals surface area contributed by atoms with Gasteiger partial charge in [-0.1, -0.05) is 42.5 Å². The van der Waals surface area contributed by atoms with Crippen molar-refractivity contribution in [1.82, 2.24) is 0 Å². The highest BCUT2D eigenvalue weighted by Gasteiger charge is 2.30. The van der Waals surface area contributed by atoms with Gasteiger partial charge in [0.25, 0.3) is 0 Å². The van der Waals surface area contributed by atoms with Crippen LogP contribution >= 0.6 is 0 Å². The number of carbonyl (C=O) groups excluding carboxylic acids is 2. The first-order valence-electron chi connectivity index (χ1n) is 11.7. The van der Waals surface area contributed by atoms with Crippen LogP contribution in [0.15, 0.2) is 60.2 Å². The molecule has 0 saturated carbocycles. The molecule has 1 aromatic carbocycles. The summed E-state index contributed by atoms with van der Waals surface area (Å²) in [5, 5.41) is 10.3. The Labute approximate surface area is 199 Å². The summed E-state index contributed by atoms with van der Waals surface area (Å²) in [6.45, 7) is 3.63. The van der Waals surface area contributed by atoms with Crippen LogP contribution in [0, 0.1) is 5.92 Å². The number of rotatable bonds is 12. The minimum Gasteiger partial charge on any atom is -0.463 e. The van der Waals surface area contributed by atoms with E-state index in [0.717, 1.165) is 18.6 Å². The molecule has 0 bridgehead atoms. The topological polar surface area (TPSA) is 63.6 Å². The van der Waals surface area contributed by atoms with E-state index in [4.69, 9.17) is 4.74 Å². The zero-order valence-corrected chi connectivity index (χ0v) is 19.7. The molecule has 0 heterocycles. The van der Waals surface area contributed by atoms with E-state index in [-0.39, 0.29) is 30.2 Å². The average Bonchev–Trinajstić information content (AvgIpc) is 3.11. The van der Waals surface area contributed by atoms with Crippen LogP contribution in [0.25, 0.3) is 0 Å². The SMILES string of the molecule is CC(C)OC(=O)CCC/C=C\C[C@H]1C=CC(=O)/C1=C/C[C@@H](O)CCc1cccc(C(F)(F)F)c1. The summed E-state index contributed by atoms with van der Waals surface area (Å²) in [5.74, 6) is -0.352. The third kappa shape index (κ3) is 9.67. The molecule has 0 fully saturated rings. The molecule has 1 aromatic rings. The molecule has 0 unspecified atom stereocenters. The molecule has 0 aromatic heterocycles. The summed E-state index contributed by atoms with van der Waals surface area (Å²) in [4.78, 5) is 23.7. The summed E-state index contributed by atoms with van der Waals surface area (Å²) in [7, 11) is 0. The Bertz CT molecular complexity index is 913. The molecule has 0 spiro atoms. The predicted molar refractivity (Wildman–Crippen MR) is 125 cm³/mol. The van der Waals surface area contributed by atoms with Gasteiger partial charge in [0.1, 0.15) is 0 Å². The fourth-order valence-electron chi connectivity index (χ4n) is 3.71. The van der Waals surface area contributed by atoms with Gasteiger partial charge in [-0.25, -0.2) is 0 Å². The molecule has 1 aliphatic carbocycles. The minimum atomic E-state index is -4.39. The second-order valence-corrected chi connectivity index (χ2v) is 8.75. The molecular weight excluding hydrogens is 445 g/mol. The lowest BCUT2D eigenvalue weighted by Gasteiger charge is -2.12. The van der Waals surface area contributed by atoms with E-state index >= 15 is 0 Å². The van der Waals surface area contributed by atoms with Crippen molar-refractivity contribution in [2.45, 2.75) is 77.2 Å². The zero-order chi connectivity index (χ0) is 25.1. The molecule has 186 valence electrons. The highest BCUT2D eigenvalue weighted by Crippen LogP contribution is 2.30. The third-order valence-corrected chi connectivity index (χ3v) is 5.47. The number of aliphatic hydroxyl groups excluding tert-OH is 1. The molecule has 2 rings (SSSR count). The average molecular weight is 479 g/mol. The monoisotopic (exact) mass is 478 g/mol. The number of aliphatic hydroxyl groups is 1. The fourth-order valence-corrected chi connectivity index (χ4v) is 3.71. The van der Waals surface area contributed by atoms with Gasteiger partial charge in [-0.15, -0.1) is 0 Å². The van der Waals surface area contributed by atoms with E-state index in [9.17, 15) is 27.9 Å². The first-order valence-corrected chi connectivity index (χ1v) is 11.7. The fraction of sp³-hybridized carbons (Fsp3) is 0.481. The van der Waals surface area contributed by atoms with Gasteiger partial charge in [-0.3, -0.25) is 9.59 Å². The molecule has 34 heavy (non-hydrogen) atoms. The lowest BCUT2D eigenvalue weighted by atomic mass is 9.95. The van der Waals surface area contributed by atoms with E-state index in [1.165, 1.54) is 12.1 Å². The Morgan fingerprint density at radius 3 is 2.71 bits per heavy atom. The van der Waals surface area contributed by atoms with Gasteiger partial charge in [-0.05, 0) is 70.1 Å². The van der Waals surface area contributed by atoms with Crippen molar-refractivity contribution in [2.24, 2.45) is 5.92 Å². The molecule has 0 saturated heterocycles. The summed E-state index contributed by atoms with van der Waals surface area (Å²) in [5.41, 5.74) is 0.444. The van der Waals surface area contributed by atoms with E-state index in [1.54, 1.807) is 12.1 Å². The Kier molecular flexibility index (Phi) is 10.8. The molecule has 1 aliphatic rings. The van der Waals surface area contributed by atoms with Crippen LogP contribution in [0.2, 0.25) is 0 Å².